The molecule has 1 aromatic rings. The summed E-state index contributed by atoms with van der Waals surface area (Å²) >= 11 is 11.9. The topological polar surface area (TPSA) is 130 Å². The summed E-state index contributed by atoms with van der Waals surface area (Å²) in [4.78, 5) is 8.90. The summed E-state index contributed by atoms with van der Waals surface area (Å²) in [6.45, 7) is 0.998. The number of carbonyl (C=O) groups is 1. The summed E-state index contributed by atoms with van der Waals surface area (Å²) in [7, 11) is -1.82. The maximum absolute atomic E-state index is 12.2. The highest BCUT2D eigenvalue weighted by Crippen LogP contribution is 2.38. The number of phenols is 1. The van der Waals surface area contributed by atoms with Gasteiger partial charge in [0.15, 0.2) is 0 Å². The smallest absolute Gasteiger partial charge is 0.490 e. The number of ether oxygens (including phenoxy) is 1. The number of hydrogen-bond donors (Lipinski definition) is 3. The van der Waals surface area contributed by atoms with E-state index in [9.17, 15) is 26.7 Å². The summed E-state index contributed by atoms with van der Waals surface area (Å²) < 4.78 is 62.4. The van der Waals surface area contributed by atoms with Gasteiger partial charge in [-0.25, -0.2) is 17.5 Å². The highest BCUT2D eigenvalue weighted by molar-refractivity contribution is 7.89. The Morgan fingerprint density at radius 3 is 2.23 bits per heavy atom. The van der Waals surface area contributed by atoms with Gasteiger partial charge in [-0.1, -0.05) is 23.2 Å². The fourth-order valence-corrected chi connectivity index (χ4v) is 4.64. The Morgan fingerprint density at radius 2 is 1.77 bits per heavy atom. The van der Waals surface area contributed by atoms with E-state index in [0.717, 1.165) is 0 Å². The summed E-state index contributed by atoms with van der Waals surface area (Å²) in [6, 6.07) is 2.53. The molecule has 14 heteroatoms. The van der Waals surface area contributed by atoms with E-state index in [1.807, 2.05) is 0 Å². The molecule has 0 aliphatic carbocycles. The first kappa shape index (κ1) is 27.7. The van der Waals surface area contributed by atoms with Crippen LogP contribution in [0.25, 0.3) is 0 Å². The van der Waals surface area contributed by atoms with Crippen molar-refractivity contribution < 1.29 is 41.3 Å². The van der Waals surface area contributed by atoms with Gasteiger partial charge in [0.1, 0.15) is 5.75 Å². The number of nitrogens with zero attached hydrogens (tertiary/aromatic N) is 1. The maximum atomic E-state index is 12.2. The van der Waals surface area contributed by atoms with Gasteiger partial charge in [0.25, 0.3) is 0 Å². The minimum absolute atomic E-state index is 0.00652. The van der Waals surface area contributed by atoms with Crippen LogP contribution in [0.5, 0.6) is 5.75 Å². The van der Waals surface area contributed by atoms with Crippen LogP contribution in [0.2, 0.25) is 10.0 Å². The third-order valence-electron chi connectivity index (χ3n) is 4.62. The number of nitrogens with two attached hydrogens (primary N) is 1. The van der Waals surface area contributed by atoms with Crippen molar-refractivity contribution in [2.45, 2.75) is 25.1 Å². The van der Waals surface area contributed by atoms with Crippen molar-refractivity contribution in [3.05, 3.63) is 27.7 Å². The lowest BCUT2D eigenvalue weighted by atomic mass is 9.86. The molecule has 1 saturated heterocycles. The van der Waals surface area contributed by atoms with Gasteiger partial charge in [0, 0.05) is 37.9 Å². The Bertz CT molecular complexity index is 862. The Hall–Kier alpha value is -1.31. The van der Waals surface area contributed by atoms with Crippen LogP contribution in [0.3, 0.4) is 0 Å². The summed E-state index contributed by atoms with van der Waals surface area (Å²) in [5.41, 5.74) is 6.81. The highest BCUT2D eigenvalue weighted by Gasteiger charge is 2.38. The first-order valence-corrected chi connectivity index (χ1v) is 11.3. The van der Waals surface area contributed by atoms with Crippen LogP contribution in [0.15, 0.2) is 12.1 Å². The molecule has 0 amide bonds. The van der Waals surface area contributed by atoms with Gasteiger partial charge in [0.05, 0.1) is 22.4 Å². The van der Waals surface area contributed by atoms with E-state index in [4.69, 9.17) is 43.6 Å². The van der Waals surface area contributed by atoms with Gasteiger partial charge < -0.3 is 20.7 Å². The number of halogens is 5. The largest absolute Gasteiger partial charge is 0.508 e. The van der Waals surface area contributed by atoms with E-state index in [-0.39, 0.29) is 29.0 Å². The molecule has 0 unspecified atom stereocenters. The predicted octanol–water partition coefficient (Wildman–Crippen LogP) is 3.02. The number of rotatable bonds is 6. The van der Waals surface area contributed by atoms with Crippen LogP contribution in [0.1, 0.15) is 24.4 Å². The van der Waals surface area contributed by atoms with Crippen molar-refractivity contribution in [2.75, 3.05) is 32.6 Å². The third-order valence-corrected chi connectivity index (χ3v) is 7.17. The number of alkyl halides is 3. The SMILES string of the molecule is COCCS(=O)(=O)N1CCC([C@@H](N)c2cc(Cl)c(Cl)cc2O)CC1.O=C(O)C(F)(F)F. The lowest BCUT2D eigenvalue weighted by Crippen LogP contribution is -2.42. The standard InChI is InChI=1S/C15H22Cl2N2O4S.C2HF3O2/c1-23-6-7-24(21,22)19-4-2-10(3-5-19)15(18)11-8-12(16)13(17)9-14(11)20;3-2(4,5)1(6)7/h8-10,15,20H,2-7,18H2,1H3;(H,6,7)/t15-;/m1./s1. The lowest BCUT2D eigenvalue weighted by Gasteiger charge is -2.34. The van der Waals surface area contributed by atoms with Crippen molar-refractivity contribution in [3.8, 4) is 5.75 Å². The molecule has 0 aromatic heterocycles. The monoisotopic (exact) mass is 510 g/mol. The predicted molar refractivity (Wildman–Crippen MR) is 109 cm³/mol. The number of methoxy groups -OCH3 is 1. The second kappa shape index (κ2) is 11.5. The molecule has 1 aromatic carbocycles. The Kier molecular flexibility index (Phi) is 10.3. The lowest BCUT2D eigenvalue weighted by molar-refractivity contribution is -0.192. The minimum atomic E-state index is -5.08. The first-order chi connectivity index (χ1) is 14.2. The van der Waals surface area contributed by atoms with Crippen LogP contribution < -0.4 is 5.73 Å². The molecule has 1 atom stereocenters. The van der Waals surface area contributed by atoms with Crippen molar-refractivity contribution in [1.82, 2.24) is 4.31 Å². The van der Waals surface area contributed by atoms with Crippen molar-refractivity contribution in [1.29, 1.82) is 0 Å². The highest BCUT2D eigenvalue weighted by atomic mass is 35.5. The van der Waals surface area contributed by atoms with Crippen molar-refractivity contribution >= 4 is 39.2 Å². The Labute approximate surface area is 187 Å². The first-order valence-electron chi connectivity index (χ1n) is 8.91. The quantitative estimate of drug-likeness (QED) is 0.535. The molecule has 8 nitrogen and oxygen atoms in total. The number of aromatic hydroxyl groups is 1. The minimum Gasteiger partial charge on any atom is -0.508 e. The molecule has 0 bridgehead atoms. The van der Waals surface area contributed by atoms with Gasteiger partial charge in [-0.15, -0.1) is 0 Å². The normalized spacial score (nSPS) is 17.0. The van der Waals surface area contributed by atoms with Crippen LogP contribution in [-0.2, 0) is 19.6 Å². The molecule has 1 aliphatic heterocycles. The van der Waals surface area contributed by atoms with Crippen LogP contribution in [0.4, 0.5) is 13.2 Å². The van der Waals surface area contributed by atoms with E-state index in [1.54, 1.807) is 6.07 Å². The molecule has 4 N–H and O–H groups in total. The number of carboxylic acids is 1. The summed E-state index contributed by atoms with van der Waals surface area (Å²) in [6.07, 6.45) is -3.85. The second-order valence-electron chi connectivity index (χ2n) is 6.70. The number of phenolic OH excluding ortho intramolecular Hbond substituents is 1. The Morgan fingerprint density at radius 1 is 1.29 bits per heavy atom. The number of sulfonamides is 1. The van der Waals surface area contributed by atoms with E-state index in [2.05, 4.69) is 0 Å². The van der Waals surface area contributed by atoms with Gasteiger partial charge in [-0.05, 0) is 24.8 Å². The van der Waals surface area contributed by atoms with E-state index in [1.165, 1.54) is 17.5 Å². The van der Waals surface area contributed by atoms with Crippen LogP contribution in [0, 0.1) is 5.92 Å². The number of aliphatic carboxylic acids is 1. The van der Waals surface area contributed by atoms with E-state index in [0.29, 0.717) is 36.5 Å². The van der Waals surface area contributed by atoms with Crippen molar-refractivity contribution in [3.63, 3.8) is 0 Å². The number of benzene rings is 1. The van der Waals surface area contributed by atoms with E-state index < -0.39 is 28.2 Å². The van der Waals surface area contributed by atoms with E-state index >= 15 is 0 Å². The second-order valence-corrected chi connectivity index (χ2v) is 9.60. The molecule has 0 saturated carbocycles. The fraction of sp³-hybridized carbons (Fsp3) is 0.588. The van der Waals surface area contributed by atoms with Gasteiger partial charge in [0.2, 0.25) is 10.0 Å². The fourth-order valence-electron chi connectivity index (χ4n) is 2.90. The molecule has 178 valence electrons. The summed E-state index contributed by atoms with van der Waals surface area (Å²) in [5, 5.41) is 17.8. The average Bonchev–Trinajstić information content (AvgIpc) is 2.68. The average molecular weight is 511 g/mol. The van der Waals surface area contributed by atoms with Gasteiger partial charge in [-0.2, -0.15) is 13.2 Å². The molecule has 0 spiro atoms. The number of hydrogen-bond acceptors (Lipinski definition) is 6. The summed E-state index contributed by atoms with van der Waals surface area (Å²) in [5.74, 6) is -2.71. The Balaban J connectivity index is 0.000000592. The molecule has 1 fully saturated rings. The molecular weight excluding hydrogens is 488 g/mol. The molecule has 31 heavy (non-hydrogen) atoms. The zero-order valence-corrected chi connectivity index (χ0v) is 18.7. The number of carboxylic acid groups (broad SMARTS) is 1. The van der Waals surface area contributed by atoms with Crippen LogP contribution in [-0.4, -0.2) is 67.6 Å². The van der Waals surface area contributed by atoms with Crippen LogP contribution >= 0.6 is 23.2 Å². The number of piperidine rings is 1. The molecule has 0 radical (unpaired) electrons. The van der Waals surface area contributed by atoms with Crippen molar-refractivity contribution in [2.24, 2.45) is 11.7 Å². The third kappa shape index (κ3) is 8.28. The molecule has 1 aliphatic rings. The van der Waals surface area contributed by atoms with Gasteiger partial charge in [-0.3, -0.25) is 0 Å². The molecule has 1 heterocycles. The molecule has 2 rings (SSSR count). The zero-order valence-electron chi connectivity index (χ0n) is 16.4. The molecular formula is C17H23Cl2F3N2O6S. The van der Waals surface area contributed by atoms with Gasteiger partial charge >= 0.3 is 12.1 Å². The maximum Gasteiger partial charge on any atom is 0.490 e. The zero-order chi connectivity index (χ0) is 24.0.